The molecule has 0 bridgehead atoms. The molecule has 2 aliphatic rings. The van der Waals surface area contributed by atoms with E-state index in [2.05, 4.69) is 25.5 Å². The largest absolute Gasteiger partial charge is 0.494 e. The van der Waals surface area contributed by atoms with E-state index in [0.29, 0.717) is 38.1 Å². The number of H-pyrrole nitrogens is 1. The van der Waals surface area contributed by atoms with Crippen molar-refractivity contribution in [3.8, 4) is 28.3 Å². The number of carbonyl (C=O) groups excluding carboxylic acids is 2. The summed E-state index contributed by atoms with van der Waals surface area (Å²) in [5.74, 6) is -0.0760. The molecule has 1 fully saturated rings. The average Bonchev–Trinajstić information content (AvgIpc) is 3.42. The van der Waals surface area contributed by atoms with Crippen LogP contribution >= 0.6 is 0 Å². The van der Waals surface area contributed by atoms with Crippen LogP contribution in [0.5, 0.6) is 5.75 Å². The maximum Gasteiger partial charge on any atom is 0.300 e. The van der Waals surface area contributed by atoms with E-state index >= 15 is 0 Å². The second-order valence-corrected chi connectivity index (χ2v) is 9.81. The zero-order chi connectivity index (χ0) is 29.0. The van der Waals surface area contributed by atoms with E-state index < -0.39 is 5.97 Å². The molecule has 0 aliphatic carbocycles. The molecule has 1 saturated heterocycles. The minimum Gasteiger partial charge on any atom is -0.494 e. The Morgan fingerprint density at radius 1 is 1.15 bits per heavy atom. The summed E-state index contributed by atoms with van der Waals surface area (Å²) >= 11 is 0. The highest BCUT2D eigenvalue weighted by molar-refractivity contribution is 5.97. The zero-order valence-corrected chi connectivity index (χ0v) is 23.3. The van der Waals surface area contributed by atoms with Crippen LogP contribution in [0.4, 0.5) is 0 Å². The summed E-state index contributed by atoms with van der Waals surface area (Å²) < 4.78 is 11.3. The lowest BCUT2D eigenvalue weighted by Gasteiger charge is -2.26. The molecule has 4 heterocycles. The minimum absolute atomic E-state index is 0.0339. The fourth-order valence-electron chi connectivity index (χ4n) is 4.64. The number of amides is 2. The number of pyridine rings is 1. The number of nitrogens with one attached hydrogen (secondary N) is 3. The molecular weight excluding hydrogens is 526 g/mol. The standard InChI is InChI=1S/C28H33N5O4.C2H4O2/c34-27(30-10-11-33-12-15-36-16-13-33)5-2-14-37-22-4-1-3-20(17-22)25-18-21(6-8-29-25)26-19-23-24(32-26)7-9-31-28(23)35;1-2(3)4/h1,3-4,6,8,17-19,32H,2,5,7,9-16H2,(H,30,34)(H,31,35);1H3,(H,3,4). The number of aromatic nitrogens is 2. The molecule has 2 amide bonds. The number of hydrogen-bond donors (Lipinski definition) is 4. The third kappa shape index (κ3) is 9.16. The van der Waals surface area contributed by atoms with Crippen LogP contribution in [0.25, 0.3) is 22.5 Å². The number of carboxylic acid groups (broad SMARTS) is 1. The smallest absolute Gasteiger partial charge is 0.300 e. The van der Waals surface area contributed by atoms with Crippen LogP contribution in [0.1, 0.15) is 35.8 Å². The number of hydrogen-bond acceptors (Lipinski definition) is 7. The number of nitrogens with zero attached hydrogens (tertiary/aromatic N) is 2. The molecule has 5 rings (SSSR count). The molecule has 0 saturated carbocycles. The summed E-state index contributed by atoms with van der Waals surface area (Å²) in [6.07, 6.45) is 3.65. The van der Waals surface area contributed by atoms with Gasteiger partial charge in [0.2, 0.25) is 5.91 Å². The lowest BCUT2D eigenvalue weighted by atomic mass is 10.1. The van der Waals surface area contributed by atoms with Gasteiger partial charge in [-0.3, -0.25) is 24.3 Å². The maximum atomic E-state index is 12.1. The molecule has 3 aromatic rings. The van der Waals surface area contributed by atoms with Gasteiger partial charge in [-0.2, -0.15) is 0 Å². The lowest BCUT2D eigenvalue weighted by molar-refractivity contribution is -0.134. The Balaban J connectivity index is 0.000000909. The van der Waals surface area contributed by atoms with Gasteiger partial charge in [-0.1, -0.05) is 12.1 Å². The number of morpholine rings is 1. The Hall–Kier alpha value is -4.22. The average molecular weight is 564 g/mol. The van der Waals surface area contributed by atoms with Crippen molar-refractivity contribution in [1.29, 1.82) is 0 Å². The van der Waals surface area contributed by atoms with Crippen LogP contribution in [0.2, 0.25) is 0 Å². The number of ether oxygens (including phenoxy) is 2. The first kappa shape index (κ1) is 29.8. The molecule has 218 valence electrons. The molecule has 0 radical (unpaired) electrons. The third-order valence-corrected chi connectivity index (χ3v) is 6.68. The number of carboxylic acids is 1. The SMILES string of the molecule is CC(=O)O.O=C(CCCOc1cccc(-c2cc(-c3cc4c([nH]3)CCNC4=O)ccn2)c1)NCCN1CCOCC1. The number of benzene rings is 1. The number of carbonyl (C=O) groups is 3. The van der Waals surface area contributed by atoms with Crippen LogP contribution in [-0.4, -0.2) is 90.3 Å². The van der Waals surface area contributed by atoms with Crippen molar-refractivity contribution in [3.05, 3.63) is 59.9 Å². The van der Waals surface area contributed by atoms with E-state index in [0.717, 1.165) is 80.2 Å². The Morgan fingerprint density at radius 3 is 2.73 bits per heavy atom. The molecule has 41 heavy (non-hydrogen) atoms. The van der Waals surface area contributed by atoms with Gasteiger partial charge in [-0.25, -0.2) is 0 Å². The van der Waals surface area contributed by atoms with Crippen molar-refractivity contribution in [2.75, 3.05) is 52.5 Å². The van der Waals surface area contributed by atoms with Gasteiger partial charge in [-0.05, 0) is 36.8 Å². The highest BCUT2D eigenvalue weighted by Gasteiger charge is 2.20. The summed E-state index contributed by atoms with van der Waals surface area (Å²) in [6, 6.07) is 13.7. The van der Waals surface area contributed by atoms with Gasteiger partial charge in [0, 0.05) is 81.2 Å². The number of fused-ring (bicyclic) bond motifs is 1. The van der Waals surface area contributed by atoms with E-state index in [1.165, 1.54) is 0 Å². The first-order chi connectivity index (χ1) is 19.9. The number of rotatable bonds is 10. The van der Waals surface area contributed by atoms with Crippen LogP contribution in [0, 0.1) is 0 Å². The van der Waals surface area contributed by atoms with Gasteiger partial charge in [-0.15, -0.1) is 0 Å². The fraction of sp³-hybridized carbons (Fsp3) is 0.400. The third-order valence-electron chi connectivity index (χ3n) is 6.68. The topological polar surface area (TPSA) is 146 Å². The number of aromatic amines is 1. The quantitative estimate of drug-likeness (QED) is 0.276. The van der Waals surface area contributed by atoms with Crippen LogP contribution in [0.3, 0.4) is 0 Å². The molecule has 0 atom stereocenters. The van der Waals surface area contributed by atoms with Crippen molar-refractivity contribution in [1.82, 2.24) is 25.5 Å². The van der Waals surface area contributed by atoms with Crippen LogP contribution in [0.15, 0.2) is 48.7 Å². The summed E-state index contributed by atoms with van der Waals surface area (Å²) in [6.45, 7) is 7.10. The zero-order valence-electron chi connectivity index (χ0n) is 23.3. The van der Waals surface area contributed by atoms with E-state index in [1.54, 1.807) is 6.20 Å². The van der Waals surface area contributed by atoms with Gasteiger partial charge < -0.3 is 30.2 Å². The summed E-state index contributed by atoms with van der Waals surface area (Å²) in [4.78, 5) is 43.5. The van der Waals surface area contributed by atoms with Crippen molar-refractivity contribution in [3.63, 3.8) is 0 Å². The second-order valence-electron chi connectivity index (χ2n) is 9.81. The van der Waals surface area contributed by atoms with Crippen LogP contribution in [-0.2, 0) is 20.7 Å². The Labute approximate surface area is 239 Å². The van der Waals surface area contributed by atoms with E-state index in [-0.39, 0.29) is 11.8 Å². The predicted molar refractivity (Wildman–Crippen MR) is 154 cm³/mol. The van der Waals surface area contributed by atoms with Crippen molar-refractivity contribution in [2.24, 2.45) is 0 Å². The summed E-state index contributed by atoms with van der Waals surface area (Å²) in [5.41, 5.74) is 5.31. The van der Waals surface area contributed by atoms with Crippen molar-refractivity contribution in [2.45, 2.75) is 26.2 Å². The summed E-state index contributed by atoms with van der Waals surface area (Å²) in [7, 11) is 0. The highest BCUT2D eigenvalue weighted by Crippen LogP contribution is 2.28. The van der Waals surface area contributed by atoms with E-state index in [4.69, 9.17) is 19.4 Å². The molecule has 11 heteroatoms. The van der Waals surface area contributed by atoms with Gasteiger partial charge in [0.25, 0.3) is 11.9 Å². The molecule has 1 aromatic carbocycles. The second kappa shape index (κ2) is 15.0. The first-order valence-corrected chi connectivity index (χ1v) is 13.8. The lowest BCUT2D eigenvalue weighted by Crippen LogP contribution is -2.41. The predicted octanol–water partition coefficient (Wildman–Crippen LogP) is 2.73. The molecule has 2 aromatic heterocycles. The Kier molecular flexibility index (Phi) is 10.9. The Morgan fingerprint density at radius 2 is 1.95 bits per heavy atom. The molecule has 0 spiro atoms. The fourth-order valence-corrected chi connectivity index (χ4v) is 4.64. The highest BCUT2D eigenvalue weighted by atomic mass is 16.5. The maximum absolute atomic E-state index is 12.1. The van der Waals surface area contributed by atoms with Gasteiger partial charge in [0.1, 0.15) is 5.75 Å². The normalized spacial score (nSPS) is 14.7. The molecule has 2 aliphatic heterocycles. The van der Waals surface area contributed by atoms with Crippen LogP contribution < -0.4 is 15.4 Å². The van der Waals surface area contributed by atoms with Gasteiger partial charge in [0.05, 0.1) is 31.1 Å². The van der Waals surface area contributed by atoms with Crippen molar-refractivity contribution < 1.29 is 29.0 Å². The molecule has 11 nitrogen and oxygen atoms in total. The van der Waals surface area contributed by atoms with E-state index in [1.807, 2.05) is 42.5 Å². The number of aliphatic carboxylic acids is 1. The molecule has 4 N–H and O–H groups in total. The Bertz CT molecular complexity index is 1330. The first-order valence-electron chi connectivity index (χ1n) is 13.8. The monoisotopic (exact) mass is 563 g/mol. The molecular formula is C30H37N5O6. The molecule has 0 unspecified atom stereocenters. The summed E-state index contributed by atoms with van der Waals surface area (Å²) in [5, 5.41) is 13.3. The van der Waals surface area contributed by atoms with Gasteiger partial charge in [0.15, 0.2) is 0 Å². The minimum atomic E-state index is -0.833. The van der Waals surface area contributed by atoms with Gasteiger partial charge >= 0.3 is 0 Å². The van der Waals surface area contributed by atoms with E-state index in [9.17, 15) is 9.59 Å². The van der Waals surface area contributed by atoms with Crippen molar-refractivity contribution >= 4 is 17.8 Å².